The first-order valence-corrected chi connectivity index (χ1v) is 9.54. The summed E-state index contributed by atoms with van der Waals surface area (Å²) in [6.45, 7) is 2.48. The molecule has 1 aromatic heterocycles. The molecule has 1 N–H and O–H groups in total. The second-order valence-corrected chi connectivity index (χ2v) is 7.90. The molecule has 0 spiro atoms. The molecule has 3 rings (SSSR count). The maximum Gasteiger partial charge on any atom is 0.306 e. The van der Waals surface area contributed by atoms with Crippen LogP contribution in [0.4, 0.5) is 4.39 Å². The molecular weight excluding hydrogens is 371 g/mol. The number of carboxylic acid groups (broad SMARTS) is 1. The number of carboxylic acids is 1. The van der Waals surface area contributed by atoms with E-state index in [1.807, 2.05) is 0 Å². The van der Waals surface area contributed by atoms with Crippen molar-refractivity contribution < 1.29 is 23.9 Å². The lowest BCUT2D eigenvalue weighted by molar-refractivity contribution is -0.145. The van der Waals surface area contributed by atoms with E-state index in [-0.39, 0.29) is 24.2 Å². The molecule has 0 unspecified atom stereocenters. The van der Waals surface area contributed by atoms with Gasteiger partial charge in [0.2, 0.25) is 5.91 Å². The van der Waals surface area contributed by atoms with Crippen LogP contribution in [0.1, 0.15) is 28.1 Å². The van der Waals surface area contributed by atoms with Crippen molar-refractivity contribution in [3.63, 3.8) is 0 Å². The Labute approximate surface area is 160 Å². The van der Waals surface area contributed by atoms with Gasteiger partial charge in [0, 0.05) is 24.8 Å². The fourth-order valence-corrected chi connectivity index (χ4v) is 4.51. The Bertz CT molecular complexity index is 902. The van der Waals surface area contributed by atoms with Gasteiger partial charge in [-0.15, -0.1) is 11.3 Å². The van der Waals surface area contributed by atoms with E-state index in [0.717, 1.165) is 4.70 Å². The highest BCUT2D eigenvalue weighted by atomic mass is 32.1. The number of likely N-dealkylation sites (N-methyl/N-ethyl adjacent to an activating group) is 1. The van der Waals surface area contributed by atoms with Crippen molar-refractivity contribution in [3.05, 3.63) is 34.5 Å². The molecule has 27 heavy (non-hydrogen) atoms. The normalized spacial score (nSPS) is 15.1. The molecule has 2 amide bonds. The Morgan fingerprint density at radius 2 is 1.96 bits per heavy atom. The Kier molecular flexibility index (Phi) is 5.46. The van der Waals surface area contributed by atoms with E-state index in [1.165, 1.54) is 28.4 Å². The maximum absolute atomic E-state index is 13.5. The van der Waals surface area contributed by atoms with Crippen LogP contribution >= 0.6 is 11.3 Å². The van der Waals surface area contributed by atoms with Gasteiger partial charge in [0.05, 0.1) is 17.3 Å². The number of hydrogen-bond acceptors (Lipinski definition) is 4. The molecular formula is C19H21FN2O4S. The molecule has 0 atom stereocenters. The minimum absolute atomic E-state index is 0.0708. The standard InChI is InChI=1S/C19H21FN2O4S/c1-11-14-9-13(20)3-4-15(14)27-17(11)18(24)21(2)10-16(23)22-7-5-12(6-8-22)19(25)26/h3-4,9,12H,5-8,10H2,1-2H3,(H,25,26). The third kappa shape index (κ3) is 3.95. The van der Waals surface area contributed by atoms with Crippen molar-refractivity contribution in [3.8, 4) is 0 Å². The van der Waals surface area contributed by atoms with E-state index in [0.29, 0.717) is 41.8 Å². The fraction of sp³-hybridized carbons (Fsp3) is 0.421. The van der Waals surface area contributed by atoms with E-state index in [2.05, 4.69) is 0 Å². The van der Waals surface area contributed by atoms with E-state index >= 15 is 0 Å². The minimum Gasteiger partial charge on any atom is -0.481 e. The van der Waals surface area contributed by atoms with Crippen LogP contribution in [0.3, 0.4) is 0 Å². The van der Waals surface area contributed by atoms with Crippen LogP contribution in [0.5, 0.6) is 0 Å². The lowest BCUT2D eigenvalue weighted by atomic mass is 9.97. The number of piperidine rings is 1. The number of rotatable bonds is 4. The molecule has 1 aromatic carbocycles. The molecule has 1 saturated heterocycles. The zero-order valence-electron chi connectivity index (χ0n) is 15.2. The molecule has 2 heterocycles. The van der Waals surface area contributed by atoms with Crippen molar-refractivity contribution in [2.45, 2.75) is 19.8 Å². The van der Waals surface area contributed by atoms with Crippen LogP contribution in [0.15, 0.2) is 18.2 Å². The van der Waals surface area contributed by atoms with Crippen LogP contribution in [0, 0.1) is 18.7 Å². The van der Waals surface area contributed by atoms with Gasteiger partial charge < -0.3 is 14.9 Å². The molecule has 6 nitrogen and oxygen atoms in total. The van der Waals surface area contributed by atoms with Gasteiger partial charge in [-0.2, -0.15) is 0 Å². The SMILES string of the molecule is Cc1c(C(=O)N(C)CC(=O)N2CCC(C(=O)O)CC2)sc2ccc(F)cc12. The number of fused-ring (bicyclic) bond motifs is 1. The summed E-state index contributed by atoms with van der Waals surface area (Å²) in [6, 6.07) is 4.42. The molecule has 0 bridgehead atoms. The smallest absolute Gasteiger partial charge is 0.306 e. The largest absolute Gasteiger partial charge is 0.481 e. The summed E-state index contributed by atoms with van der Waals surface area (Å²) < 4.78 is 14.3. The summed E-state index contributed by atoms with van der Waals surface area (Å²) in [5.74, 6) is -2.06. The van der Waals surface area contributed by atoms with Crippen LogP contribution in [0.25, 0.3) is 10.1 Å². The molecule has 0 aliphatic carbocycles. The zero-order valence-corrected chi connectivity index (χ0v) is 16.0. The lowest BCUT2D eigenvalue weighted by Gasteiger charge is -2.31. The van der Waals surface area contributed by atoms with Crippen molar-refractivity contribution in [2.24, 2.45) is 5.92 Å². The first-order valence-electron chi connectivity index (χ1n) is 8.72. The Morgan fingerprint density at radius 3 is 2.59 bits per heavy atom. The molecule has 8 heteroatoms. The number of carbonyl (C=O) groups excluding carboxylic acids is 2. The zero-order chi connectivity index (χ0) is 19.7. The number of nitrogens with zero attached hydrogens (tertiary/aromatic N) is 2. The summed E-state index contributed by atoms with van der Waals surface area (Å²) in [5, 5.41) is 9.74. The van der Waals surface area contributed by atoms with Gasteiger partial charge in [0.15, 0.2) is 0 Å². The van der Waals surface area contributed by atoms with Gasteiger partial charge in [-0.25, -0.2) is 4.39 Å². The van der Waals surface area contributed by atoms with Gasteiger partial charge in [-0.05, 0) is 48.9 Å². The molecule has 1 aliphatic rings. The molecule has 144 valence electrons. The molecule has 2 aromatic rings. The summed E-state index contributed by atoms with van der Waals surface area (Å²) in [5.41, 5.74) is 0.709. The van der Waals surface area contributed by atoms with Crippen molar-refractivity contribution in [2.75, 3.05) is 26.7 Å². The Balaban J connectivity index is 1.67. The van der Waals surface area contributed by atoms with Crippen molar-refractivity contribution in [1.82, 2.24) is 9.80 Å². The highest BCUT2D eigenvalue weighted by Crippen LogP contribution is 2.32. The molecule has 0 saturated carbocycles. The number of likely N-dealkylation sites (tertiary alicyclic amines) is 1. The van der Waals surface area contributed by atoms with Gasteiger partial charge in [0.25, 0.3) is 5.91 Å². The Hall–Kier alpha value is -2.48. The fourth-order valence-electron chi connectivity index (χ4n) is 3.32. The average Bonchev–Trinajstić information content (AvgIpc) is 2.97. The quantitative estimate of drug-likeness (QED) is 0.868. The summed E-state index contributed by atoms with van der Waals surface area (Å²) in [6.07, 6.45) is 0.861. The van der Waals surface area contributed by atoms with Crippen molar-refractivity contribution >= 4 is 39.2 Å². The summed E-state index contributed by atoms with van der Waals surface area (Å²) in [7, 11) is 1.56. The number of amides is 2. The first-order chi connectivity index (χ1) is 12.8. The number of benzene rings is 1. The molecule has 0 radical (unpaired) electrons. The lowest BCUT2D eigenvalue weighted by Crippen LogP contribution is -2.45. The van der Waals surface area contributed by atoms with Crippen molar-refractivity contribution in [1.29, 1.82) is 0 Å². The topological polar surface area (TPSA) is 77.9 Å². The van der Waals surface area contributed by atoms with Crippen LogP contribution < -0.4 is 0 Å². The number of carbonyl (C=O) groups is 3. The van der Waals surface area contributed by atoms with E-state index in [4.69, 9.17) is 5.11 Å². The van der Waals surface area contributed by atoms with E-state index in [9.17, 15) is 18.8 Å². The van der Waals surface area contributed by atoms with Crippen LogP contribution in [0.2, 0.25) is 0 Å². The minimum atomic E-state index is -0.828. The highest BCUT2D eigenvalue weighted by molar-refractivity contribution is 7.21. The Morgan fingerprint density at radius 1 is 1.30 bits per heavy atom. The highest BCUT2D eigenvalue weighted by Gasteiger charge is 2.28. The van der Waals surface area contributed by atoms with Gasteiger partial charge in [-0.1, -0.05) is 0 Å². The second-order valence-electron chi connectivity index (χ2n) is 6.85. The number of aliphatic carboxylic acids is 1. The van der Waals surface area contributed by atoms with Crippen LogP contribution in [-0.2, 0) is 9.59 Å². The number of aryl methyl sites for hydroxylation is 1. The first kappa shape index (κ1) is 19.3. The summed E-state index contributed by atoms with van der Waals surface area (Å²) in [4.78, 5) is 39.7. The van der Waals surface area contributed by atoms with E-state index in [1.54, 1.807) is 24.9 Å². The predicted octanol–water partition coefficient (Wildman–Crippen LogP) is 2.74. The monoisotopic (exact) mass is 392 g/mol. The van der Waals surface area contributed by atoms with Gasteiger partial charge in [0.1, 0.15) is 5.82 Å². The van der Waals surface area contributed by atoms with Gasteiger partial charge in [-0.3, -0.25) is 14.4 Å². The molecule has 1 aliphatic heterocycles. The maximum atomic E-state index is 13.5. The van der Waals surface area contributed by atoms with Gasteiger partial charge >= 0.3 is 5.97 Å². The average molecular weight is 392 g/mol. The number of halogens is 1. The number of hydrogen-bond donors (Lipinski definition) is 1. The third-order valence-corrected chi connectivity index (χ3v) is 6.27. The summed E-state index contributed by atoms with van der Waals surface area (Å²) >= 11 is 1.29. The second kappa shape index (κ2) is 7.64. The molecule has 1 fully saturated rings. The predicted molar refractivity (Wildman–Crippen MR) is 100 cm³/mol. The number of thiophene rings is 1. The van der Waals surface area contributed by atoms with Crippen LogP contribution in [-0.4, -0.2) is 59.4 Å². The van der Waals surface area contributed by atoms with E-state index < -0.39 is 11.9 Å². The third-order valence-electron chi connectivity index (χ3n) is 5.01.